The van der Waals surface area contributed by atoms with E-state index < -0.39 is 5.24 Å². The topological polar surface area (TPSA) is 43.4 Å². The van der Waals surface area contributed by atoms with Crippen LogP contribution in [-0.4, -0.2) is 18.3 Å². The van der Waals surface area contributed by atoms with Crippen LogP contribution in [0, 0.1) is 11.8 Å². The first-order valence-corrected chi connectivity index (χ1v) is 4.25. The van der Waals surface area contributed by atoms with Gasteiger partial charge < -0.3 is 4.74 Å². The second-order valence-electron chi connectivity index (χ2n) is 2.32. The summed E-state index contributed by atoms with van der Waals surface area (Å²) in [6.07, 6.45) is 1.66. The van der Waals surface area contributed by atoms with Crippen molar-refractivity contribution in [3.05, 3.63) is 0 Å². The molecule has 0 amide bonds. The van der Waals surface area contributed by atoms with E-state index in [-0.39, 0.29) is 12.4 Å². The summed E-state index contributed by atoms with van der Waals surface area (Å²) < 4.78 is 4.43. The highest BCUT2D eigenvalue weighted by atomic mass is 35.5. The Hall–Kier alpha value is -1.01. The molecule has 0 aliphatic heterocycles. The van der Waals surface area contributed by atoms with Crippen molar-refractivity contribution in [3.8, 4) is 11.8 Å². The third-order valence-electron chi connectivity index (χ3n) is 1.26. The van der Waals surface area contributed by atoms with Crippen LogP contribution in [0.2, 0.25) is 0 Å². The van der Waals surface area contributed by atoms with Gasteiger partial charge in [-0.15, -0.1) is 5.92 Å². The van der Waals surface area contributed by atoms with Gasteiger partial charge in [0, 0.05) is 12.8 Å². The number of halogens is 1. The maximum absolute atomic E-state index is 10.6. The van der Waals surface area contributed by atoms with Crippen LogP contribution < -0.4 is 0 Å². The quantitative estimate of drug-likeness (QED) is 0.300. The number of esters is 1. The van der Waals surface area contributed by atoms with Crippen LogP contribution >= 0.6 is 11.6 Å². The zero-order valence-corrected chi connectivity index (χ0v) is 8.19. The minimum atomic E-state index is -0.458. The van der Waals surface area contributed by atoms with E-state index in [1.54, 1.807) is 0 Å². The predicted molar refractivity (Wildman–Crippen MR) is 49.1 cm³/mol. The maximum Gasteiger partial charge on any atom is 0.305 e. The van der Waals surface area contributed by atoms with Gasteiger partial charge in [0.15, 0.2) is 0 Å². The molecular formula is C9H11ClO3. The average Bonchev–Trinajstić information content (AvgIpc) is 2.10. The maximum atomic E-state index is 10.6. The minimum absolute atomic E-state index is 0.0692. The number of unbranched alkanes of at least 4 members (excludes halogenated alkanes) is 1. The molecule has 0 saturated heterocycles. The summed E-state index contributed by atoms with van der Waals surface area (Å²) in [5.74, 6) is 5.09. The Labute approximate surface area is 82.4 Å². The van der Waals surface area contributed by atoms with E-state index in [0.717, 1.165) is 0 Å². The van der Waals surface area contributed by atoms with Crippen molar-refractivity contribution >= 4 is 22.8 Å². The van der Waals surface area contributed by atoms with Crippen LogP contribution in [0.15, 0.2) is 0 Å². The van der Waals surface area contributed by atoms with Gasteiger partial charge in [0.05, 0.1) is 13.5 Å². The molecule has 0 aromatic rings. The fraction of sp³-hybridized carbons (Fsp3) is 0.556. The predicted octanol–water partition coefficient (Wildman–Crippen LogP) is 1.49. The largest absolute Gasteiger partial charge is 0.469 e. The molecule has 0 radical (unpaired) electrons. The van der Waals surface area contributed by atoms with E-state index in [1.165, 1.54) is 7.11 Å². The highest BCUT2D eigenvalue weighted by Gasteiger charge is 1.96. The molecule has 0 atom stereocenters. The van der Waals surface area contributed by atoms with Crippen molar-refractivity contribution in [2.45, 2.75) is 25.7 Å². The smallest absolute Gasteiger partial charge is 0.305 e. The lowest BCUT2D eigenvalue weighted by Crippen LogP contribution is -1.98. The van der Waals surface area contributed by atoms with Gasteiger partial charge in [-0.2, -0.15) is 0 Å². The first kappa shape index (κ1) is 12.0. The van der Waals surface area contributed by atoms with Gasteiger partial charge in [-0.25, -0.2) is 0 Å². The Morgan fingerprint density at radius 2 is 2.08 bits per heavy atom. The summed E-state index contributed by atoms with van der Waals surface area (Å²) >= 11 is 5.05. The molecule has 4 heteroatoms. The first-order chi connectivity index (χ1) is 6.16. The number of carbonyl (C=O) groups is 2. The Morgan fingerprint density at radius 3 is 2.62 bits per heavy atom. The fourth-order valence-corrected chi connectivity index (χ4v) is 0.710. The van der Waals surface area contributed by atoms with E-state index in [0.29, 0.717) is 19.3 Å². The Bertz CT molecular complexity index is 237. The molecule has 0 N–H and O–H groups in total. The van der Waals surface area contributed by atoms with Crippen molar-refractivity contribution in [1.29, 1.82) is 0 Å². The van der Waals surface area contributed by atoms with E-state index in [2.05, 4.69) is 16.6 Å². The molecule has 72 valence electrons. The number of hydrogen-bond acceptors (Lipinski definition) is 3. The summed E-state index contributed by atoms with van der Waals surface area (Å²) in [5.41, 5.74) is 0. The van der Waals surface area contributed by atoms with Crippen molar-refractivity contribution < 1.29 is 14.3 Å². The molecule has 0 spiro atoms. The standard InChI is InChI=1S/C9H11ClO3/c1-13-9(12)7-5-3-2-4-6-8(10)11/h3,5-7H2,1H3. The lowest BCUT2D eigenvalue weighted by molar-refractivity contribution is -0.140. The number of methoxy groups -OCH3 is 1. The number of carbonyl (C=O) groups excluding carboxylic acids is 2. The van der Waals surface area contributed by atoms with Crippen LogP contribution in [0.3, 0.4) is 0 Å². The van der Waals surface area contributed by atoms with Gasteiger partial charge in [0.2, 0.25) is 5.24 Å². The van der Waals surface area contributed by atoms with Gasteiger partial charge in [0.1, 0.15) is 0 Å². The lowest BCUT2D eigenvalue weighted by Gasteiger charge is -1.93. The second-order valence-corrected chi connectivity index (χ2v) is 2.74. The lowest BCUT2D eigenvalue weighted by atomic mass is 10.2. The zero-order valence-electron chi connectivity index (χ0n) is 7.43. The monoisotopic (exact) mass is 202 g/mol. The SMILES string of the molecule is COC(=O)CCCC#CCC(=O)Cl. The molecule has 0 fully saturated rings. The van der Waals surface area contributed by atoms with Gasteiger partial charge >= 0.3 is 5.97 Å². The minimum Gasteiger partial charge on any atom is -0.469 e. The van der Waals surface area contributed by atoms with Crippen LogP contribution in [0.1, 0.15) is 25.7 Å². The first-order valence-electron chi connectivity index (χ1n) is 3.87. The Morgan fingerprint density at radius 1 is 1.38 bits per heavy atom. The summed E-state index contributed by atoms with van der Waals surface area (Å²) in [5, 5.41) is -0.458. The summed E-state index contributed by atoms with van der Waals surface area (Å²) in [4.78, 5) is 20.8. The van der Waals surface area contributed by atoms with E-state index in [9.17, 15) is 9.59 Å². The van der Waals surface area contributed by atoms with Crippen molar-refractivity contribution in [3.63, 3.8) is 0 Å². The van der Waals surface area contributed by atoms with Gasteiger partial charge in [-0.3, -0.25) is 9.59 Å². The third-order valence-corrected chi connectivity index (χ3v) is 1.40. The van der Waals surface area contributed by atoms with E-state index in [1.807, 2.05) is 0 Å². The number of hydrogen-bond donors (Lipinski definition) is 0. The molecule has 0 heterocycles. The highest BCUT2D eigenvalue weighted by molar-refractivity contribution is 6.63. The van der Waals surface area contributed by atoms with Crippen molar-refractivity contribution in [2.75, 3.05) is 7.11 Å². The molecule has 3 nitrogen and oxygen atoms in total. The normalized spacial score (nSPS) is 8.46. The van der Waals surface area contributed by atoms with E-state index in [4.69, 9.17) is 11.6 Å². The molecule has 0 rings (SSSR count). The molecule has 0 aliphatic carbocycles. The fourth-order valence-electron chi connectivity index (χ4n) is 0.644. The van der Waals surface area contributed by atoms with Crippen LogP contribution in [0.25, 0.3) is 0 Å². The van der Waals surface area contributed by atoms with Gasteiger partial charge in [-0.1, -0.05) is 5.92 Å². The van der Waals surface area contributed by atoms with Crippen LogP contribution in [0.5, 0.6) is 0 Å². The number of ether oxygens (including phenoxy) is 1. The molecular weight excluding hydrogens is 192 g/mol. The van der Waals surface area contributed by atoms with Crippen molar-refractivity contribution in [2.24, 2.45) is 0 Å². The summed E-state index contributed by atoms with van der Waals surface area (Å²) in [7, 11) is 1.35. The van der Waals surface area contributed by atoms with Gasteiger partial charge in [-0.05, 0) is 18.0 Å². The Kier molecular flexibility index (Phi) is 7.04. The number of rotatable bonds is 4. The van der Waals surface area contributed by atoms with Crippen LogP contribution in [0.4, 0.5) is 0 Å². The molecule has 0 aromatic heterocycles. The van der Waals surface area contributed by atoms with E-state index >= 15 is 0 Å². The molecule has 0 aromatic carbocycles. The highest BCUT2D eigenvalue weighted by Crippen LogP contribution is 1.95. The van der Waals surface area contributed by atoms with Crippen LogP contribution in [-0.2, 0) is 14.3 Å². The summed E-state index contributed by atoms with van der Waals surface area (Å²) in [6, 6.07) is 0. The molecule has 0 aliphatic rings. The Balaban J connectivity index is 3.38. The molecule has 0 saturated carbocycles. The molecule has 0 bridgehead atoms. The van der Waals surface area contributed by atoms with Gasteiger partial charge in [0.25, 0.3) is 0 Å². The van der Waals surface area contributed by atoms with Crippen molar-refractivity contribution in [1.82, 2.24) is 0 Å². The molecule has 13 heavy (non-hydrogen) atoms. The average molecular weight is 203 g/mol. The zero-order chi connectivity index (χ0) is 10.1. The third kappa shape index (κ3) is 8.90. The summed E-state index contributed by atoms with van der Waals surface area (Å²) in [6.45, 7) is 0. The molecule has 0 unspecified atom stereocenters. The second kappa shape index (κ2) is 7.63.